The smallest absolute Gasteiger partial charge is 0.255 e. The number of carbonyl (C=O) groups is 1. The molecule has 26 heavy (non-hydrogen) atoms. The van der Waals surface area contributed by atoms with Crippen LogP contribution in [0.4, 0.5) is 5.69 Å². The second-order valence-electron chi connectivity index (χ2n) is 6.12. The molecule has 1 heterocycles. The van der Waals surface area contributed by atoms with E-state index in [4.69, 9.17) is 14.2 Å². The topological polar surface area (TPSA) is 60.0 Å². The second kappa shape index (κ2) is 7.99. The van der Waals surface area contributed by atoms with Gasteiger partial charge in [-0.15, -0.1) is 0 Å². The molecule has 1 atom stereocenters. The minimum absolute atomic E-state index is 0.0838. The van der Waals surface area contributed by atoms with Gasteiger partial charge in [0, 0.05) is 24.8 Å². The lowest BCUT2D eigenvalue weighted by molar-refractivity contribution is 0.0936. The van der Waals surface area contributed by atoms with Gasteiger partial charge in [-0.2, -0.15) is 0 Å². The minimum atomic E-state index is -0.178. The van der Waals surface area contributed by atoms with Gasteiger partial charge in [0.25, 0.3) is 5.91 Å². The zero-order valence-electron chi connectivity index (χ0n) is 15.3. The second-order valence-corrected chi connectivity index (χ2v) is 6.12. The molecule has 2 aromatic rings. The summed E-state index contributed by atoms with van der Waals surface area (Å²) in [5, 5.41) is 3.10. The predicted molar refractivity (Wildman–Crippen MR) is 101 cm³/mol. The quantitative estimate of drug-likeness (QED) is 0.862. The summed E-state index contributed by atoms with van der Waals surface area (Å²) in [6.07, 6.45) is 0.899. The molecule has 1 fully saturated rings. The van der Waals surface area contributed by atoms with E-state index in [-0.39, 0.29) is 11.9 Å². The SMILES string of the molecule is COc1ccc(C(=O)NC2CCN(c3ccccc3)C2)c(OC)c1OC. The van der Waals surface area contributed by atoms with Crippen molar-refractivity contribution in [1.82, 2.24) is 5.32 Å². The molecule has 0 bridgehead atoms. The maximum absolute atomic E-state index is 12.8. The van der Waals surface area contributed by atoms with Gasteiger partial charge in [0.15, 0.2) is 11.5 Å². The third-order valence-corrected chi connectivity index (χ3v) is 4.59. The Morgan fingerprint density at radius 2 is 1.73 bits per heavy atom. The number of methoxy groups -OCH3 is 3. The van der Waals surface area contributed by atoms with Crippen molar-refractivity contribution in [3.63, 3.8) is 0 Å². The molecule has 0 aliphatic carbocycles. The van der Waals surface area contributed by atoms with E-state index in [2.05, 4.69) is 22.3 Å². The molecule has 1 unspecified atom stereocenters. The van der Waals surface area contributed by atoms with Gasteiger partial charge in [0.2, 0.25) is 5.75 Å². The Balaban J connectivity index is 1.73. The Morgan fingerprint density at radius 1 is 1.00 bits per heavy atom. The molecule has 1 saturated heterocycles. The fourth-order valence-corrected chi connectivity index (χ4v) is 3.29. The van der Waals surface area contributed by atoms with Crippen LogP contribution in [0.5, 0.6) is 17.2 Å². The normalized spacial score (nSPS) is 16.3. The number of benzene rings is 2. The summed E-state index contributed by atoms with van der Waals surface area (Å²) in [6, 6.07) is 13.7. The molecule has 0 radical (unpaired) electrons. The fraction of sp³-hybridized carbons (Fsp3) is 0.350. The standard InChI is InChI=1S/C20H24N2O4/c1-24-17-10-9-16(18(25-2)19(17)26-3)20(23)21-14-11-12-22(13-14)15-7-5-4-6-8-15/h4-10,14H,11-13H2,1-3H3,(H,21,23). The van der Waals surface area contributed by atoms with Crippen molar-refractivity contribution >= 4 is 11.6 Å². The first kappa shape index (κ1) is 17.9. The summed E-state index contributed by atoms with van der Waals surface area (Å²) in [5.74, 6) is 1.14. The first-order valence-electron chi connectivity index (χ1n) is 8.57. The van der Waals surface area contributed by atoms with E-state index in [1.165, 1.54) is 19.9 Å². The Bertz CT molecular complexity index is 764. The van der Waals surface area contributed by atoms with Crippen LogP contribution >= 0.6 is 0 Å². The highest BCUT2D eigenvalue weighted by Crippen LogP contribution is 2.39. The highest BCUT2D eigenvalue weighted by Gasteiger charge is 2.27. The summed E-state index contributed by atoms with van der Waals surface area (Å²) in [6.45, 7) is 1.70. The van der Waals surface area contributed by atoms with Crippen LogP contribution in [-0.4, -0.2) is 46.4 Å². The van der Waals surface area contributed by atoms with Crippen LogP contribution in [0.2, 0.25) is 0 Å². The molecular formula is C20H24N2O4. The molecule has 138 valence electrons. The van der Waals surface area contributed by atoms with E-state index in [0.29, 0.717) is 22.8 Å². The van der Waals surface area contributed by atoms with Crippen LogP contribution in [0.1, 0.15) is 16.8 Å². The summed E-state index contributed by atoms with van der Waals surface area (Å²) in [5.41, 5.74) is 1.61. The van der Waals surface area contributed by atoms with Gasteiger partial charge in [0.05, 0.1) is 26.9 Å². The monoisotopic (exact) mass is 356 g/mol. The Morgan fingerprint density at radius 3 is 2.38 bits per heavy atom. The van der Waals surface area contributed by atoms with Crippen LogP contribution in [0.15, 0.2) is 42.5 Å². The number of rotatable bonds is 6. The van der Waals surface area contributed by atoms with E-state index in [0.717, 1.165) is 19.5 Å². The van der Waals surface area contributed by atoms with Crippen LogP contribution < -0.4 is 24.4 Å². The van der Waals surface area contributed by atoms with E-state index < -0.39 is 0 Å². The van der Waals surface area contributed by atoms with Crippen molar-refractivity contribution in [2.75, 3.05) is 39.3 Å². The Hall–Kier alpha value is -2.89. The Labute approximate surface area is 153 Å². The maximum Gasteiger partial charge on any atom is 0.255 e. The highest BCUT2D eigenvalue weighted by atomic mass is 16.5. The minimum Gasteiger partial charge on any atom is -0.493 e. The molecular weight excluding hydrogens is 332 g/mol. The Kier molecular flexibility index (Phi) is 5.51. The third kappa shape index (κ3) is 3.54. The fourth-order valence-electron chi connectivity index (χ4n) is 3.29. The summed E-state index contributed by atoms with van der Waals surface area (Å²) in [7, 11) is 4.59. The van der Waals surface area contributed by atoms with Crippen LogP contribution in [0.25, 0.3) is 0 Å². The van der Waals surface area contributed by atoms with Gasteiger partial charge < -0.3 is 24.4 Å². The number of amides is 1. The first-order chi connectivity index (χ1) is 12.7. The van der Waals surface area contributed by atoms with Crippen molar-refractivity contribution in [2.45, 2.75) is 12.5 Å². The van der Waals surface area contributed by atoms with Crippen molar-refractivity contribution in [1.29, 1.82) is 0 Å². The molecule has 3 rings (SSSR count). The van der Waals surface area contributed by atoms with E-state index in [1.54, 1.807) is 19.2 Å². The van der Waals surface area contributed by atoms with Crippen LogP contribution in [0, 0.1) is 0 Å². The molecule has 0 saturated carbocycles. The lowest BCUT2D eigenvalue weighted by Gasteiger charge is -2.20. The first-order valence-corrected chi connectivity index (χ1v) is 8.57. The van der Waals surface area contributed by atoms with Crippen molar-refractivity contribution in [3.05, 3.63) is 48.0 Å². The van der Waals surface area contributed by atoms with Gasteiger partial charge >= 0.3 is 0 Å². The summed E-state index contributed by atoms with van der Waals surface area (Å²) in [4.78, 5) is 15.1. The molecule has 0 aromatic heterocycles. The highest BCUT2D eigenvalue weighted by molar-refractivity contribution is 5.98. The molecule has 1 aliphatic heterocycles. The lowest BCUT2D eigenvalue weighted by Crippen LogP contribution is -2.37. The molecule has 1 N–H and O–H groups in total. The molecule has 2 aromatic carbocycles. The van der Waals surface area contributed by atoms with E-state index in [9.17, 15) is 4.79 Å². The third-order valence-electron chi connectivity index (χ3n) is 4.59. The van der Waals surface area contributed by atoms with Gasteiger partial charge in [-0.05, 0) is 30.7 Å². The maximum atomic E-state index is 12.8. The average Bonchev–Trinajstić information content (AvgIpc) is 3.15. The van der Waals surface area contributed by atoms with Gasteiger partial charge in [-0.25, -0.2) is 0 Å². The molecule has 6 heteroatoms. The number of hydrogen-bond acceptors (Lipinski definition) is 5. The molecule has 1 aliphatic rings. The van der Waals surface area contributed by atoms with Crippen molar-refractivity contribution < 1.29 is 19.0 Å². The zero-order valence-corrected chi connectivity index (χ0v) is 15.3. The number of anilines is 1. The summed E-state index contributed by atoms with van der Waals surface area (Å²) < 4.78 is 16.0. The predicted octanol–water partition coefficient (Wildman–Crippen LogP) is 2.72. The van der Waals surface area contributed by atoms with Crippen molar-refractivity contribution in [2.24, 2.45) is 0 Å². The number of nitrogens with zero attached hydrogens (tertiary/aromatic N) is 1. The van der Waals surface area contributed by atoms with Crippen LogP contribution in [0.3, 0.4) is 0 Å². The van der Waals surface area contributed by atoms with Gasteiger partial charge in [-0.3, -0.25) is 4.79 Å². The summed E-state index contributed by atoms with van der Waals surface area (Å²) >= 11 is 0. The number of para-hydroxylation sites is 1. The number of carbonyl (C=O) groups excluding carboxylic acids is 1. The van der Waals surface area contributed by atoms with Gasteiger partial charge in [0.1, 0.15) is 0 Å². The van der Waals surface area contributed by atoms with Crippen molar-refractivity contribution in [3.8, 4) is 17.2 Å². The van der Waals surface area contributed by atoms with Gasteiger partial charge in [-0.1, -0.05) is 18.2 Å². The molecule has 6 nitrogen and oxygen atoms in total. The van der Waals surface area contributed by atoms with Crippen LogP contribution in [-0.2, 0) is 0 Å². The molecule has 1 amide bonds. The number of ether oxygens (including phenoxy) is 3. The number of nitrogens with one attached hydrogen (secondary N) is 1. The lowest BCUT2D eigenvalue weighted by atomic mass is 10.1. The van der Waals surface area contributed by atoms with E-state index >= 15 is 0 Å². The molecule has 0 spiro atoms. The largest absolute Gasteiger partial charge is 0.493 e. The van der Waals surface area contributed by atoms with E-state index in [1.807, 2.05) is 18.2 Å². The average molecular weight is 356 g/mol. The zero-order chi connectivity index (χ0) is 18.5. The number of hydrogen-bond donors (Lipinski definition) is 1.